The van der Waals surface area contributed by atoms with E-state index >= 15 is 0 Å². The Bertz CT molecular complexity index is 350. The van der Waals surface area contributed by atoms with E-state index in [-0.39, 0.29) is 11.7 Å². The molecule has 0 aliphatic carbocycles. The molecule has 0 aromatic heterocycles. The van der Waals surface area contributed by atoms with Crippen LogP contribution in [0.1, 0.15) is 31.9 Å². The Morgan fingerprint density at radius 1 is 1.47 bits per heavy atom. The molecule has 1 aromatic carbocycles. The SMILES string of the molecule is CC(C)CC(N)c1cccc([N+](=O)[O-])c1. The number of rotatable bonds is 4. The Balaban J connectivity index is 2.85. The van der Waals surface area contributed by atoms with E-state index in [1.807, 2.05) is 6.07 Å². The summed E-state index contributed by atoms with van der Waals surface area (Å²) in [4.78, 5) is 10.2. The van der Waals surface area contributed by atoms with Crippen LogP contribution in [-0.4, -0.2) is 4.92 Å². The van der Waals surface area contributed by atoms with Crippen molar-refractivity contribution in [2.24, 2.45) is 11.7 Å². The maximum Gasteiger partial charge on any atom is 0.269 e. The summed E-state index contributed by atoms with van der Waals surface area (Å²) in [6, 6.07) is 6.41. The topological polar surface area (TPSA) is 69.2 Å². The fourth-order valence-corrected chi connectivity index (χ4v) is 1.51. The van der Waals surface area contributed by atoms with Crippen LogP contribution in [0.2, 0.25) is 0 Å². The zero-order chi connectivity index (χ0) is 11.4. The lowest BCUT2D eigenvalue weighted by atomic mass is 9.98. The van der Waals surface area contributed by atoms with Crippen molar-refractivity contribution in [2.45, 2.75) is 26.3 Å². The number of hydrogen-bond donors (Lipinski definition) is 1. The van der Waals surface area contributed by atoms with Crippen molar-refractivity contribution >= 4 is 5.69 Å². The van der Waals surface area contributed by atoms with E-state index in [9.17, 15) is 10.1 Å². The smallest absolute Gasteiger partial charge is 0.269 e. The van der Waals surface area contributed by atoms with Gasteiger partial charge in [0, 0.05) is 18.2 Å². The second-order valence-electron chi connectivity index (χ2n) is 4.09. The first-order valence-corrected chi connectivity index (χ1v) is 5.00. The molecule has 4 nitrogen and oxygen atoms in total. The van der Waals surface area contributed by atoms with Crippen molar-refractivity contribution in [3.63, 3.8) is 0 Å². The molecule has 1 rings (SSSR count). The zero-order valence-electron chi connectivity index (χ0n) is 9.01. The molecule has 1 aromatic rings. The van der Waals surface area contributed by atoms with Gasteiger partial charge in [0.2, 0.25) is 0 Å². The summed E-state index contributed by atoms with van der Waals surface area (Å²) in [7, 11) is 0. The van der Waals surface area contributed by atoms with Gasteiger partial charge in [0.15, 0.2) is 0 Å². The summed E-state index contributed by atoms with van der Waals surface area (Å²) < 4.78 is 0. The quantitative estimate of drug-likeness (QED) is 0.610. The van der Waals surface area contributed by atoms with Crippen molar-refractivity contribution in [3.05, 3.63) is 39.9 Å². The van der Waals surface area contributed by atoms with Gasteiger partial charge in [-0.2, -0.15) is 0 Å². The van der Waals surface area contributed by atoms with E-state index < -0.39 is 4.92 Å². The minimum atomic E-state index is -0.397. The molecule has 0 radical (unpaired) electrons. The Hall–Kier alpha value is -1.42. The first kappa shape index (κ1) is 11.7. The minimum absolute atomic E-state index is 0.103. The highest BCUT2D eigenvalue weighted by atomic mass is 16.6. The molecule has 4 heteroatoms. The highest BCUT2D eigenvalue weighted by Crippen LogP contribution is 2.22. The van der Waals surface area contributed by atoms with E-state index in [1.54, 1.807) is 12.1 Å². The second kappa shape index (κ2) is 4.89. The lowest BCUT2D eigenvalue weighted by molar-refractivity contribution is -0.384. The first-order chi connectivity index (χ1) is 7.00. The fourth-order valence-electron chi connectivity index (χ4n) is 1.51. The van der Waals surface area contributed by atoms with Gasteiger partial charge in [-0.15, -0.1) is 0 Å². The second-order valence-corrected chi connectivity index (χ2v) is 4.09. The van der Waals surface area contributed by atoms with Crippen LogP contribution in [0.3, 0.4) is 0 Å². The fraction of sp³-hybridized carbons (Fsp3) is 0.455. The standard InChI is InChI=1S/C11H16N2O2/c1-8(2)6-11(12)9-4-3-5-10(7-9)13(14)15/h3-5,7-8,11H,6,12H2,1-2H3. The van der Waals surface area contributed by atoms with Crippen molar-refractivity contribution < 1.29 is 4.92 Å². The van der Waals surface area contributed by atoms with Crippen LogP contribution in [-0.2, 0) is 0 Å². The average molecular weight is 208 g/mol. The van der Waals surface area contributed by atoms with Crippen LogP contribution >= 0.6 is 0 Å². The monoisotopic (exact) mass is 208 g/mol. The lowest BCUT2D eigenvalue weighted by Crippen LogP contribution is -2.12. The minimum Gasteiger partial charge on any atom is -0.324 e. The Morgan fingerprint density at radius 2 is 2.13 bits per heavy atom. The summed E-state index contributed by atoms with van der Waals surface area (Å²) in [5.74, 6) is 0.485. The molecule has 0 aliphatic heterocycles. The van der Waals surface area contributed by atoms with Crippen LogP contribution in [0.4, 0.5) is 5.69 Å². The van der Waals surface area contributed by atoms with Crippen LogP contribution in [0, 0.1) is 16.0 Å². The highest BCUT2D eigenvalue weighted by molar-refractivity contribution is 5.35. The predicted molar refractivity (Wildman–Crippen MR) is 59.5 cm³/mol. The van der Waals surface area contributed by atoms with E-state index in [0.717, 1.165) is 12.0 Å². The normalized spacial score (nSPS) is 12.8. The van der Waals surface area contributed by atoms with Crippen LogP contribution in [0.25, 0.3) is 0 Å². The van der Waals surface area contributed by atoms with Crippen molar-refractivity contribution in [2.75, 3.05) is 0 Å². The van der Waals surface area contributed by atoms with Crippen molar-refractivity contribution in [3.8, 4) is 0 Å². The van der Waals surface area contributed by atoms with Crippen molar-refractivity contribution in [1.29, 1.82) is 0 Å². The molecule has 0 aliphatic rings. The number of nitro benzene ring substituents is 1. The summed E-state index contributed by atoms with van der Waals surface area (Å²) in [6.45, 7) is 4.16. The lowest BCUT2D eigenvalue weighted by Gasteiger charge is -2.13. The molecule has 1 atom stereocenters. The van der Waals surface area contributed by atoms with Gasteiger partial charge in [0.25, 0.3) is 5.69 Å². The molecule has 0 spiro atoms. The Kier molecular flexibility index (Phi) is 3.80. The van der Waals surface area contributed by atoms with Gasteiger partial charge >= 0.3 is 0 Å². The predicted octanol–water partition coefficient (Wildman–Crippen LogP) is 2.64. The molecule has 82 valence electrons. The highest BCUT2D eigenvalue weighted by Gasteiger charge is 2.12. The third-order valence-electron chi connectivity index (χ3n) is 2.23. The molecule has 0 amide bonds. The molecule has 1 unspecified atom stereocenters. The van der Waals surface area contributed by atoms with Crippen LogP contribution < -0.4 is 5.73 Å². The third-order valence-corrected chi connectivity index (χ3v) is 2.23. The van der Waals surface area contributed by atoms with Gasteiger partial charge < -0.3 is 5.73 Å². The van der Waals surface area contributed by atoms with Gasteiger partial charge in [0.1, 0.15) is 0 Å². The van der Waals surface area contributed by atoms with Crippen LogP contribution in [0.15, 0.2) is 24.3 Å². The molecule has 0 saturated heterocycles. The number of non-ortho nitro benzene ring substituents is 1. The summed E-state index contributed by atoms with van der Waals surface area (Å²) in [6.07, 6.45) is 0.834. The molecule has 0 bridgehead atoms. The van der Waals surface area contributed by atoms with Crippen LogP contribution in [0.5, 0.6) is 0 Å². The molecule has 2 N–H and O–H groups in total. The van der Waals surface area contributed by atoms with Crippen molar-refractivity contribution in [1.82, 2.24) is 0 Å². The molecule has 0 saturated carbocycles. The first-order valence-electron chi connectivity index (χ1n) is 5.00. The molecule has 15 heavy (non-hydrogen) atoms. The number of nitro groups is 1. The van der Waals surface area contributed by atoms with E-state index in [2.05, 4.69) is 13.8 Å². The maximum absolute atomic E-state index is 10.6. The Labute approximate surface area is 89.2 Å². The summed E-state index contributed by atoms with van der Waals surface area (Å²) in [5, 5.41) is 10.6. The molecular formula is C11H16N2O2. The number of benzene rings is 1. The van der Waals surface area contributed by atoms with E-state index in [1.165, 1.54) is 6.07 Å². The summed E-state index contributed by atoms with van der Waals surface area (Å²) >= 11 is 0. The molecular weight excluding hydrogens is 192 g/mol. The number of nitrogens with zero attached hydrogens (tertiary/aromatic N) is 1. The largest absolute Gasteiger partial charge is 0.324 e. The van der Waals surface area contributed by atoms with Gasteiger partial charge in [0.05, 0.1) is 4.92 Å². The maximum atomic E-state index is 10.6. The van der Waals surface area contributed by atoms with Gasteiger partial charge in [-0.05, 0) is 17.9 Å². The van der Waals surface area contributed by atoms with Gasteiger partial charge in [-0.3, -0.25) is 10.1 Å². The van der Waals surface area contributed by atoms with Gasteiger partial charge in [-0.25, -0.2) is 0 Å². The zero-order valence-corrected chi connectivity index (χ0v) is 9.01. The summed E-state index contributed by atoms with van der Waals surface area (Å²) in [5.41, 5.74) is 6.88. The Morgan fingerprint density at radius 3 is 2.67 bits per heavy atom. The molecule has 0 fully saturated rings. The van der Waals surface area contributed by atoms with Gasteiger partial charge in [-0.1, -0.05) is 26.0 Å². The van der Waals surface area contributed by atoms with E-state index in [0.29, 0.717) is 5.92 Å². The molecule has 0 heterocycles. The average Bonchev–Trinajstić information content (AvgIpc) is 2.17. The third kappa shape index (κ3) is 3.32. The van der Waals surface area contributed by atoms with E-state index in [4.69, 9.17) is 5.73 Å². The number of nitrogens with two attached hydrogens (primary N) is 1. The number of hydrogen-bond acceptors (Lipinski definition) is 3.